The molecule has 1 aromatic carbocycles. The van der Waals surface area contributed by atoms with E-state index in [2.05, 4.69) is 15.3 Å². The van der Waals surface area contributed by atoms with Crippen LogP contribution in [-0.2, 0) is 12.7 Å². The van der Waals surface area contributed by atoms with Gasteiger partial charge in [-0.15, -0.1) is 0 Å². The Kier molecular flexibility index (Phi) is 3.62. The molecule has 1 N–H and O–H groups in total. The third-order valence-electron chi connectivity index (χ3n) is 3.23. The number of nitrogens with one attached hydrogen (secondary N) is 1. The van der Waals surface area contributed by atoms with Gasteiger partial charge in [0.05, 0.1) is 5.56 Å². The third-order valence-corrected chi connectivity index (χ3v) is 3.23. The molecule has 3 rings (SSSR count). The van der Waals surface area contributed by atoms with Crippen LogP contribution in [0.4, 0.5) is 19.0 Å². The Morgan fingerprint density at radius 3 is 2.61 bits per heavy atom. The molecule has 0 unspecified atom stereocenters. The fourth-order valence-electron chi connectivity index (χ4n) is 2.10. The highest BCUT2D eigenvalue weighted by Gasteiger charge is 2.29. The molecule has 0 amide bonds. The van der Waals surface area contributed by atoms with Gasteiger partial charge >= 0.3 is 6.18 Å². The van der Waals surface area contributed by atoms with Crippen molar-refractivity contribution in [2.45, 2.75) is 12.7 Å². The minimum Gasteiger partial charge on any atom is -0.363 e. The Hall–Kier alpha value is -3.08. The van der Waals surface area contributed by atoms with Crippen LogP contribution in [0.1, 0.15) is 16.8 Å². The Morgan fingerprint density at radius 2 is 1.96 bits per heavy atom. The molecule has 23 heavy (non-hydrogen) atoms. The molecule has 3 aromatic rings. The van der Waals surface area contributed by atoms with Gasteiger partial charge < -0.3 is 9.72 Å². The first kappa shape index (κ1) is 14.8. The zero-order chi connectivity index (χ0) is 16.4. The molecule has 2 aromatic heterocycles. The van der Waals surface area contributed by atoms with Crippen LogP contribution >= 0.6 is 0 Å². The van der Waals surface area contributed by atoms with Gasteiger partial charge in [0.25, 0.3) is 0 Å². The van der Waals surface area contributed by atoms with Crippen molar-refractivity contribution in [1.82, 2.24) is 14.4 Å². The lowest BCUT2D eigenvalue weighted by atomic mass is 10.1. The van der Waals surface area contributed by atoms with Crippen LogP contribution < -0.4 is 5.32 Å². The number of hydrogen-bond acceptors (Lipinski definition) is 4. The molecule has 0 radical (unpaired) electrons. The van der Waals surface area contributed by atoms with Gasteiger partial charge in [-0.1, -0.05) is 12.1 Å². The maximum Gasteiger partial charge on any atom is 0.416 e. The summed E-state index contributed by atoms with van der Waals surface area (Å²) in [6.07, 6.45) is 0.449. The predicted octanol–water partition coefficient (Wildman–Crippen LogP) is 3.23. The Balaban J connectivity index is 1.81. The van der Waals surface area contributed by atoms with Crippen molar-refractivity contribution in [3.8, 4) is 6.07 Å². The van der Waals surface area contributed by atoms with E-state index in [1.165, 1.54) is 12.1 Å². The van der Waals surface area contributed by atoms with E-state index in [1.807, 2.05) is 6.07 Å². The summed E-state index contributed by atoms with van der Waals surface area (Å²) in [6, 6.07) is 6.80. The van der Waals surface area contributed by atoms with E-state index in [-0.39, 0.29) is 12.2 Å². The van der Waals surface area contributed by atoms with Crippen LogP contribution in [0.25, 0.3) is 5.65 Å². The average Bonchev–Trinajstić information content (AvgIpc) is 3.00. The minimum absolute atomic E-state index is 0.213. The molecule has 0 aliphatic carbocycles. The number of alkyl halides is 3. The van der Waals surface area contributed by atoms with Crippen LogP contribution in [-0.4, -0.2) is 14.4 Å². The maximum atomic E-state index is 12.5. The summed E-state index contributed by atoms with van der Waals surface area (Å²) in [4.78, 5) is 8.26. The molecule has 116 valence electrons. The quantitative estimate of drug-likeness (QED) is 0.805. The number of anilines is 1. The van der Waals surface area contributed by atoms with E-state index in [1.54, 1.807) is 23.0 Å². The molecule has 0 atom stereocenters. The van der Waals surface area contributed by atoms with E-state index in [0.29, 0.717) is 17.0 Å². The average molecular weight is 317 g/mol. The van der Waals surface area contributed by atoms with E-state index >= 15 is 0 Å². The number of nitriles is 1. The van der Waals surface area contributed by atoms with Gasteiger partial charge in [0.2, 0.25) is 0 Å². The molecular weight excluding hydrogens is 307 g/mol. The van der Waals surface area contributed by atoms with Gasteiger partial charge in [0.1, 0.15) is 6.07 Å². The van der Waals surface area contributed by atoms with Gasteiger partial charge in [-0.2, -0.15) is 18.4 Å². The Morgan fingerprint density at radius 1 is 1.22 bits per heavy atom. The fraction of sp³-hybridized carbons (Fsp3) is 0.133. The zero-order valence-electron chi connectivity index (χ0n) is 11.7. The lowest BCUT2D eigenvalue weighted by molar-refractivity contribution is -0.137. The molecule has 0 saturated carbocycles. The van der Waals surface area contributed by atoms with Crippen molar-refractivity contribution in [3.05, 3.63) is 59.7 Å². The number of benzene rings is 1. The number of fused-ring (bicyclic) bond motifs is 1. The summed E-state index contributed by atoms with van der Waals surface area (Å²) in [7, 11) is 0. The molecule has 0 saturated heterocycles. The predicted molar refractivity (Wildman–Crippen MR) is 76.5 cm³/mol. The van der Waals surface area contributed by atoms with Gasteiger partial charge in [-0.3, -0.25) is 0 Å². The highest BCUT2D eigenvalue weighted by molar-refractivity contribution is 5.63. The third kappa shape index (κ3) is 3.08. The first-order valence-electron chi connectivity index (χ1n) is 6.61. The highest BCUT2D eigenvalue weighted by atomic mass is 19.4. The molecule has 0 fully saturated rings. The van der Waals surface area contributed by atoms with Gasteiger partial charge in [0, 0.05) is 25.1 Å². The second kappa shape index (κ2) is 5.61. The number of halogens is 3. The summed E-state index contributed by atoms with van der Waals surface area (Å²) in [6.45, 7) is 0.266. The second-order valence-corrected chi connectivity index (χ2v) is 4.79. The molecule has 8 heteroatoms. The first-order valence-corrected chi connectivity index (χ1v) is 6.61. The Labute approximate surface area is 129 Å². The monoisotopic (exact) mass is 317 g/mol. The normalized spacial score (nSPS) is 11.4. The minimum atomic E-state index is -4.35. The van der Waals surface area contributed by atoms with Crippen molar-refractivity contribution in [2.24, 2.45) is 0 Å². The number of nitrogens with zero attached hydrogens (tertiary/aromatic N) is 4. The van der Waals surface area contributed by atoms with Gasteiger partial charge in [0.15, 0.2) is 17.2 Å². The molecule has 2 heterocycles. The van der Waals surface area contributed by atoms with Crippen molar-refractivity contribution < 1.29 is 13.2 Å². The van der Waals surface area contributed by atoms with Crippen molar-refractivity contribution in [1.29, 1.82) is 5.26 Å². The SMILES string of the molecule is N#Cc1cn2ccnc2c(NCc2ccc(C(F)(F)F)cc2)n1. The first-order chi connectivity index (χ1) is 11.0. The van der Waals surface area contributed by atoms with Crippen LogP contribution in [0.5, 0.6) is 0 Å². The smallest absolute Gasteiger partial charge is 0.363 e. The molecule has 0 aliphatic rings. The Bertz CT molecular complexity index is 875. The summed E-state index contributed by atoms with van der Waals surface area (Å²) in [5, 5.41) is 12.0. The van der Waals surface area contributed by atoms with E-state index in [4.69, 9.17) is 5.26 Å². The second-order valence-electron chi connectivity index (χ2n) is 4.79. The number of aromatic nitrogens is 3. The lowest BCUT2D eigenvalue weighted by Gasteiger charge is -2.09. The summed E-state index contributed by atoms with van der Waals surface area (Å²) in [5.41, 5.74) is 0.717. The van der Waals surface area contributed by atoms with E-state index in [9.17, 15) is 13.2 Å². The summed E-state index contributed by atoms with van der Waals surface area (Å²) < 4.78 is 39.2. The maximum absolute atomic E-state index is 12.5. The lowest BCUT2D eigenvalue weighted by Crippen LogP contribution is -2.07. The fourth-order valence-corrected chi connectivity index (χ4v) is 2.10. The van der Waals surface area contributed by atoms with Crippen LogP contribution in [0.3, 0.4) is 0 Å². The van der Waals surface area contributed by atoms with E-state index in [0.717, 1.165) is 12.1 Å². The van der Waals surface area contributed by atoms with Crippen LogP contribution in [0.2, 0.25) is 0 Å². The molecule has 0 spiro atoms. The molecule has 0 bridgehead atoms. The summed E-state index contributed by atoms with van der Waals surface area (Å²) in [5.74, 6) is 0.397. The molecule has 0 aliphatic heterocycles. The topological polar surface area (TPSA) is 66.0 Å². The van der Waals surface area contributed by atoms with Gasteiger partial charge in [-0.05, 0) is 17.7 Å². The van der Waals surface area contributed by atoms with E-state index < -0.39 is 11.7 Å². The van der Waals surface area contributed by atoms with Crippen molar-refractivity contribution in [2.75, 3.05) is 5.32 Å². The number of rotatable bonds is 3. The number of imidazole rings is 1. The standard InChI is InChI=1S/C15H10F3N5/c16-15(17,18)11-3-1-10(2-4-11)8-21-13-14-20-5-6-23(14)9-12(7-19)22-13/h1-6,9H,8H2,(H,21,22). The zero-order valence-corrected chi connectivity index (χ0v) is 11.7. The summed E-state index contributed by atoms with van der Waals surface area (Å²) >= 11 is 0. The molecule has 5 nitrogen and oxygen atoms in total. The highest BCUT2D eigenvalue weighted by Crippen LogP contribution is 2.29. The number of hydrogen-bond donors (Lipinski definition) is 1. The largest absolute Gasteiger partial charge is 0.416 e. The van der Waals surface area contributed by atoms with Crippen LogP contribution in [0.15, 0.2) is 42.9 Å². The molecular formula is C15H10F3N5. The van der Waals surface area contributed by atoms with Crippen molar-refractivity contribution in [3.63, 3.8) is 0 Å². The van der Waals surface area contributed by atoms with Crippen LogP contribution in [0, 0.1) is 11.3 Å². The van der Waals surface area contributed by atoms with Gasteiger partial charge in [-0.25, -0.2) is 9.97 Å². The van der Waals surface area contributed by atoms with Crippen molar-refractivity contribution >= 4 is 11.5 Å².